The highest BCUT2D eigenvalue weighted by Crippen LogP contribution is 2.39. The summed E-state index contributed by atoms with van der Waals surface area (Å²) in [5.74, 6) is 1.09. The fraction of sp³-hybridized carbons (Fsp3) is 0.455. The van der Waals surface area contributed by atoms with Crippen molar-refractivity contribution < 1.29 is 9.84 Å². The Balaban J connectivity index is 2.63. The smallest absolute Gasteiger partial charge is 0.130 e. The van der Waals surface area contributed by atoms with E-state index in [1.165, 1.54) is 0 Å². The molecule has 1 aromatic carbocycles. The van der Waals surface area contributed by atoms with Gasteiger partial charge in [-0.1, -0.05) is 0 Å². The first-order valence-corrected chi connectivity index (χ1v) is 4.82. The summed E-state index contributed by atoms with van der Waals surface area (Å²) < 4.78 is 5.52. The lowest BCUT2D eigenvalue weighted by Gasteiger charge is -2.25. The molecule has 3 heteroatoms. The van der Waals surface area contributed by atoms with Crippen LogP contribution in [0.5, 0.6) is 11.5 Å². The summed E-state index contributed by atoms with van der Waals surface area (Å²) in [7, 11) is 0. The van der Waals surface area contributed by atoms with Gasteiger partial charge in [-0.05, 0) is 25.5 Å². The molecule has 3 N–H and O–H groups in total. The molecule has 76 valence electrons. The average molecular weight is 193 g/mol. The number of hydrogen-bond acceptors (Lipinski definition) is 3. The van der Waals surface area contributed by atoms with E-state index < -0.39 is 0 Å². The van der Waals surface area contributed by atoms with Crippen LogP contribution in [0, 0.1) is 13.8 Å². The Hall–Kier alpha value is -1.22. The third-order valence-corrected chi connectivity index (χ3v) is 2.78. The van der Waals surface area contributed by atoms with E-state index >= 15 is 0 Å². The summed E-state index contributed by atoms with van der Waals surface area (Å²) in [5, 5.41) is 9.73. The lowest BCUT2D eigenvalue weighted by Crippen LogP contribution is -2.21. The van der Waals surface area contributed by atoms with Crippen molar-refractivity contribution in [2.75, 3.05) is 6.61 Å². The van der Waals surface area contributed by atoms with E-state index in [2.05, 4.69) is 0 Å². The maximum atomic E-state index is 9.73. The van der Waals surface area contributed by atoms with Crippen LogP contribution in [0.25, 0.3) is 0 Å². The molecule has 0 spiro atoms. The standard InChI is InChI=1S/C11H15NO2/c1-6-5-8-9(12)3-4-14-11(8)7(2)10(6)13/h5,9,13H,3-4,12H2,1-2H3/t9-/m1/s1. The minimum atomic E-state index is 0.0387. The van der Waals surface area contributed by atoms with Crippen molar-refractivity contribution in [3.63, 3.8) is 0 Å². The fourth-order valence-corrected chi connectivity index (χ4v) is 1.90. The maximum Gasteiger partial charge on any atom is 0.130 e. The van der Waals surface area contributed by atoms with Gasteiger partial charge in [0, 0.05) is 23.6 Å². The summed E-state index contributed by atoms with van der Waals surface area (Å²) in [5.41, 5.74) is 8.65. The molecule has 1 aliphatic heterocycles. The van der Waals surface area contributed by atoms with Crippen molar-refractivity contribution in [3.8, 4) is 11.5 Å². The summed E-state index contributed by atoms with van der Waals surface area (Å²) in [4.78, 5) is 0. The topological polar surface area (TPSA) is 55.5 Å². The van der Waals surface area contributed by atoms with E-state index in [9.17, 15) is 5.11 Å². The van der Waals surface area contributed by atoms with Gasteiger partial charge in [-0.3, -0.25) is 0 Å². The lowest BCUT2D eigenvalue weighted by atomic mass is 9.95. The van der Waals surface area contributed by atoms with Crippen LogP contribution in [0.4, 0.5) is 0 Å². The first kappa shape index (κ1) is 9.34. The van der Waals surface area contributed by atoms with Crippen LogP contribution in [-0.4, -0.2) is 11.7 Å². The van der Waals surface area contributed by atoms with Crippen LogP contribution in [0.2, 0.25) is 0 Å². The summed E-state index contributed by atoms with van der Waals surface area (Å²) in [6, 6.07) is 1.96. The maximum absolute atomic E-state index is 9.73. The molecule has 0 aliphatic carbocycles. The van der Waals surface area contributed by atoms with E-state index in [1.54, 1.807) is 0 Å². The molecule has 0 fully saturated rings. The van der Waals surface area contributed by atoms with Gasteiger partial charge in [0.1, 0.15) is 11.5 Å². The number of ether oxygens (including phenoxy) is 1. The second kappa shape index (κ2) is 3.17. The molecule has 0 saturated carbocycles. The van der Waals surface area contributed by atoms with Crippen molar-refractivity contribution in [1.29, 1.82) is 0 Å². The highest BCUT2D eigenvalue weighted by Gasteiger charge is 2.22. The van der Waals surface area contributed by atoms with Gasteiger partial charge < -0.3 is 15.6 Å². The highest BCUT2D eigenvalue weighted by atomic mass is 16.5. The molecule has 2 rings (SSSR count). The van der Waals surface area contributed by atoms with E-state index in [1.807, 2.05) is 19.9 Å². The van der Waals surface area contributed by atoms with Crippen molar-refractivity contribution in [2.24, 2.45) is 5.73 Å². The van der Waals surface area contributed by atoms with Crippen molar-refractivity contribution in [3.05, 3.63) is 22.8 Å². The number of rotatable bonds is 0. The zero-order chi connectivity index (χ0) is 10.3. The normalized spacial score (nSPS) is 20.1. The van der Waals surface area contributed by atoms with Crippen molar-refractivity contribution in [2.45, 2.75) is 26.3 Å². The third-order valence-electron chi connectivity index (χ3n) is 2.78. The van der Waals surface area contributed by atoms with Gasteiger partial charge in [-0.25, -0.2) is 0 Å². The molecule has 0 bridgehead atoms. The number of nitrogens with two attached hydrogens (primary N) is 1. The summed E-state index contributed by atoms with van der Waals surface area (Å²) in [6.45, 7) is 4.38. The molecule has 0 saturated heterocycles. The molecular formula is C11H15NO2. The lowest BCUT2D eigenvalue weighted by molar-refractivity contribution is 0.265. The molecule has 1 aliphatic rings. The van der Waals surface area contributed by atoms with Gasteiger partial charge in [0.05, 0.1) is 6.61 Å². The monoisotopic (exact) mass is 193 g/mol. The van der Waals surface area contributed by atoms with Crippen molar-refractivity contribution >= 4 is 0 Å². The Morgan fingerprint density at radius 1 is 1.50 bits per heavy atom. The minimum Gasteiger partial charge on any atom is -0.507 e. The zero-order valence-electron chi connectivity index (χ0n) is 8.50. The van der Waals surface area contributed by atoms with Crippen LogP contribution in [-0.2, 0) is 0 Å². The van der Waals surface area contributed by atoms with Crippen LogP contribution in [0.15, 0.2) is 6.07 Å². The number of fused-ring (bicyclic) bond motifs is 1. The third kappa shape index (κ3) is 1.24. The average Bonchev–Trinajstić information content (AvgIpc) is 2.17. The Morgan fingerprint density at radius 2 is 2.21 bits per heavy atom. The van der Waals surface area contributed by atoms with Gasteiger partial charge in [0.25, 0.3) is 0 Å². The highest BCUT2D eigenvalue weighted by molar-refractivity contribution is 5.54. The SMILES string of the molecule is Cc1cc2c(c(C)c1O)OCC[C@H]2N. The van der Waals surface area contributed by atoms with Gasteiger partial charge >= 0.3 is 0 Å². The van der Waals surface area contributed by atoms with Crippen molar-refractivity contribution in [1.82, 2.24) is 0 Å². The quantitative estimate of drug-likeness (QED) is 0.660. The van der Waals surface area contributed by atoms with Gasteiger partial charge in [0.2, 0.25) is 0 Å². The molecule has 0 amide bonds. The number of phenolic OH excluding ortho intramolecular Hbond substituents is 1. The first-order chi connectivity index (χ1) is 6.61. The molecule has 0 radical (unpaired) electrons. The summed E-state index contributed by atoms with van der Waals surface area (Å²) in [6.07, 6.45) is 0.844. The van der Waals surface area contributed by atoms with Crippen LogP contribution >= 0.6 is 0 Å². The number of aryl methyl sites for hydroxylation is 1. The number of hydrogen-bond donors (Lipinski definition) is 2. The molecule has 1 atom stereocenters. The molecule has 14 heavy (non-hydrogen) atoms. The summed E-state index contributed by atoms with van der Waals surface area (Å²) >= 11 is 0. The number of benzene rings is 1. The van der Waals surface area contributed by atoms with Crippen LogP contribution in [0.3, 0.4) is 0 Å². The second-order valence-corrected chi connectivity index (χ2v) is 3.83. The molecule has 0 unspecified atom stereocenters. The van der Waals surface area contributed by atoms with E-state index in [0.29, 0.717) is 12.4 Å². The van der Waals surface area contributed by atoms with Gasteiger partial charge in [-0.2, -0.15) is 0 Å². The van der Waals surface area contributed by atoms with E-state index in [0.717, 1.165) is 28.9 Å². The Bertz CT molecular complexity index is 374. The van der Waals surface area contributed by atoms with E-state index in [-0.39, 0.29) is 6.04 Å². The van der Waals surface area contributed by atoms with Gasteiger partial charge in [0.15, 0.2) is 0 Å². The van der Waals surface area contributed by atoms with Crippen LogP contribution < -0.4 is 10.5 Å². The predicted octanol–water partition coefficient (Wildman–Crippen LogP) is 1.79. The molecule has 1 heterocycles. The first-order valence-electron chi connectivity index (χ1n) is 4.82. The second-order valence-electron chi connectivity index (χ2n) is 3.83. The zero-order valence-corrected chi connectivity index (χ0v) is 8.50. The molecular weight excluding hydrogens is 178 g/mol. The predicted molar refractivity (Wildman–Crippen MR) is 54.6 cm³/mol. The Morgan fingerprint density at radius 3 is 2.93 bits per heavy atom. The minimum absolute atomic E-state index is 0.0387. The molecule has 0 aromatic heterocycles. The van der Waals surface area contributed by atoms with Gasteiger partial charge in [-0.15, -0.1) is 0 Å². The van der Waals surface area contributed by atoms with Crippen LogP contribution in [0.1, 0.15) is 29.2 Å². The Kier molecular flexibility index (Phi) is 2.11. The Labute approximate surface area is 83.5 Å². The molecule has 3 nitrogen and oxygen atoms in total. The number of aromatic hydroxyl groups is 1. The number of phenols is 1. The fourth-order valence-electron chi connectivity index (χ4n) is 1.90. The van der Waals surface area contributed by atoms with E-state index in [4.69, 9.17) is 10.5 Å². The largest absolute Gasteiger partial charge is 0.507 e. The molecule has 1 aromatic rings.